The molecule has 0 amide bonds. The number of nitrogens with zero attached hydrogens (tertiary/aromatic N) is 1. The summed E-state index contributed by atoms with van der Waals surface area (Å²) in [5.41, 5.74) is 6.03. The maximum absolute atomic E-state index is 6.03. The minimum absolute atomic E-state index is 0.399. The minimum atomic E-state index is 0.399. The molecule has 3 unspecified atom stereocenters. The van der Waals surface area contributed by atoms with E-state index >= 15 is 0 Å². The molecule has 0 aromatic heterocycles. The second kappa shape index (κ2) is 4.63. The third kappa shape index (κ3) is 2.12. The lowest BCUT2D eigenvalue weighted by Gasteiger charge is -2.32. The minimum Gasteiger partial charge on any atom is -0.327 e. The normalized spacial score (nSPS) is 35.6. The van der Waals surface area contributed by atoms with Crippen molar-refractivity contribution in [2.45, 2.75) is 57.5 Å². The molecule has 1 aliphatic heterocycles. The van der Waals surface area contributed by atoms with Crippen molar-refractivity contribution < 1.29 is 0 Å². The van der Waals surface area contributed by atoms with Gasteiger partial charge in [0.2, 0.25) is 0 Å². The molecule has 0 aromatic rings. The molecule has 1 saturated carbocycles. The van der Waals surface area contributed by atoms with Gasteiger partial charge in [0.25, 0.3) is 0 Å². The third-order valence-corrected chi connectivity index (χ3v) is 4.12. The smallest absolute Gasteiger partial charge is 0.0165 e. The van der Waals surface area contributed by atoms with E-state index in [0.717, 1.165) is 24.9 Å². The maximum Gasteiger partial charge on any atom is 0.0165 e. The Balaban J connectivity index is 1.87. The van der Waals surface area contributed by atoms with Gasteiger partial charge in [-0.25, -0.2) is 0 Å². The zero-order valence-electron chi connectivity index (χ0n) is 9.41. The van der Waals surface area contributed by atoms with Crippen molar-refractivity contribution in [1.29, 1.82) is 0 Å². The molecular weight excluding hydrogens is 172 g/mol. The number of likely N-dealkylation sites (tertiary alicyclic amines) is 1. The Kier molecular flexibility index (Phi) is 3.45. The van der Waals surface area contributed by atoms with Crippen LogP contribution in [0.15, 0.2) is 0 Å². The molecule has 0 radical (unpaired) electrons. The Hall–Kier alpha value is -0.0800. The zero-order chi connectivity index (χ0) is 9.97. The van der Waals surface area contributed by atoms with Crippen LogP contribution < -0.4 is 5.73 Å². The van der Waals surface area contributed by atoms with Crippen LogP contribution in [0.5, 0.6) is 0 Å². The highest BCUT2D eigenvalue weighted by Gasteiger charge is 2.35. The molecule has 14 heavy (non-hydrogen) atoms. The SMILES string of the molecule is CCC(N)CN1CCC2CCCCC21. The van der Waals surface area contributed by atoms with E-state index in [1.165, 1.54) is 38.6 Å². The maximum atomic E-state index is 6.03. The van der Waals surface area contributed by atoms with E-state index in [-0.39, 0.29) is 0 Å². The highest BCUT2D eigenvalue weighted by Crippen LogP contribution is 2.35. The van der Waals surface area contributed by atoms with Crippen molar-refractivity contribution in [3.8, 4) is 0 Å². The van der Waals surface area contributed by atoms with E-state index < -0.39 is 0 Å². The highest BCUT2D eigenvalue weighted by atomic mass is 15.2. The molecule has 0 spiro atoms. The summed E-state index contributed by atoms with van der Waals surface area (Å²) in [5.74, 6) is 1.01. The molecule has 1 aliphatic carbocycles. The molecule has 0 aromatic carbocycles. The van der Waals surface area contributed by atoms with Gasteiger partial charge >= 0.3 is 0 Å². The van der Waals surface area contributed by atoms with Crippen LogP contribution in [0, 0.1) is 5.92 Å². The van der Waals surface area contributed by atoms with E-state index in [0.29, 0.717) is 6.04 Å². The van der Waals surface area contributed by atoms with Crippen molar-refractivity contribution in [2.75, 3.05) is 13.1 Å². The molecule has 2 rings (SSSR count). The molecule has 2 fully saturated rings. The van der Waals surface area contributed by atoms with Crippen molar-refractivity contribution in [3.05, 3.63) is 0 Å². The molecule has 0 bridgehead atoms. The summed E-state index contributed by atoms with van der Waals surface area (Å²) in [4.78, 5) is 2.66. The Labute approximate surface area is 87.8 Å². The molecule has 2 N–H and O–H groups in total. The average molecular weight is 196 g/mol. The first kappa shape index (κ1) is 10.4. The van der Waals surface area contributed by atoms with Gasteiger partial charge in [0.1, 0.15) is 0 Å². The van der Waals surface area contributed by atoms with Crippen molar-refractivity contribution in [3.63, 3.8) is 0 Å². The quantitative estimate of drug-likeness (QED) is 0.748. The largest absolute Gasteiger partial charge is 0.327 e. The first-order valence-corrected chi connectivity index (χ1v) is 6.31. The van der Waals surface area contributed by atoms with Gasteiger partial charge in [-0.2, -0.15) is 0 Å². The number of fused-ring (bicyclic) bond motifs is 1. The third-order valence-electron chi connectivity index (χ3n) is 4.12. The predicted octanol–water partition coefficient (Wildman–Crippen LogP) is 1.99. The van der Waals surface area contributed by atoms with Gasteiger partial charge in [0.15, 0.2) is 0 Å². The highest BCUT2D eigenvalue weighted by molar-refractivity contribution is 4.90. The van der Waals surface area contributed by atoms with E-state index in [1.807, 2.05) is 0 Å². The van der Waals surface area contributed by atoms with Crippen LogP contribution in [0.25, 0.3) is 0 Å². The molecule has 1 saturated heterocycles. The fourth-order valence-corrected chi connectivity index (χ4v) is 3.16. The summed E-state index contributed by atoms with van der Waals surface area (Å²) < 4.78 is 0. The van der Waals surface area contributed by atoms with E-state index in [1.54, 1.807) is 0 Å². The molecular formula is C12H24N2. The molecule has 3 atom stereocenters. The Morgan fingerprint density at radius 2 is 2.07 bits per heavy atom. The molecule has 82 valence electrons. The summed E-state index contributed by atoms with van der Waals surface area (Å²) in [7, 11) is 0. The Morgan fingerprint density at radius 3 is 2.86 bits per heavy atom. The van der Waals surface area contributed by atoms with Crippen molar-refractivity contribution in [1.82, 2.24) is 4.90 Å². The van der Waals surface area contributed by atoms with Crippen LogP contribution in [0.1, 0.15) is 45.4 Å². The number of nitrogens with two attached hydrogens (primary N) is 1. The van der Waals surface area contributed by atoms with Gasteiger partial charge in [-0.3, -0.25) is 4.90 Å². The van der Waals surface area contributed by atoms with Crippen molar-refractivity contribution in [2.24, 2.45) is 11.7 Å². The van der Waals surface area contributed by atoms with E-state index in [4.69, 9.17) is 5.73 Å². The van der Waals surface area contributed by atoms with Gasteiger partial charge in [-0.05, 0) is 38.1 Å². The predicted molar refractivity (Wildman–Crippen MR) is 60.2 cm³/mol. The molecule has 2 nitrogen and oxygen atoms in total. The second-order valence-electron chi connectivity index (χ2n) is 5.06. The van der Waals surface area contributed by atoms with Crippen LogP contribution in [-0.2, 0) is 0 Å². The monoisotopic (exact) mass is 196 g/mol. The zero-order valence-corrected chi connectivity index (χ0v) is 9.41. The summed E-state index contributed by atoms with van der Waals surface area (Å²) in [6, 6.07) is 1.29. The summed E-state index contributed by atoms with van der Waals surface area (Å²) in [6.45, 7) is 4.64. The molecule has 2 heteroatoms. The van der Waals surface area contributed by atoms with Crippen LogP contribution >= 0.6 is 0 Å². The average Bonchev–Trinajstić information content (AvgIpc) is 2.62. The summed E-state index contributed by atoms with van der Waals surface area (Å²) in [6.07, 6.45) is 8.37. The van der Waals surface area contributed by atoms with Crippen LogP contribution in [0.4, 0.5) is 0 Å². The summed E-state index contributed by atoms with van der Waals surface area (Å²) in [5, 5.41) is 0. The topological polar surface area (TPSA) is 29.3 Å². The van der Waals surface area contributed by atoms with Gasteiger partial charge in [0, 0.05) is 18.6 Å². The van der Waals surface area contributed by atoms with Crippen molar-refractivity contribution >= 4 is 0 Å². The number of hydrogen-bond acceptors (Lipinski definition) is 2. The summed E-state index contributed by atoms with van der Waals surface area (Å²) >= 11 is 0. The fraction of sp³-hybridized carbons (Fsp3) is 1.00. The standard InChI is InChI=1S/C12H24N2/c1-2-11(13)9-14-8-7-10-5-3-4-6-12(10)14/h10-12H,2-9,13H2,1H3. The number of hydrogen-bond donors (Lipinski definition) is 1. The second-order valence-corrected chi connectivity index (χ2v) is 5.06. The lowest BCUT2D eigenvalue weighted by Crippen LogP contribution is -2.42. The Bertz CT molecular complexity index is 181. The van der Waals surface area contributed by atoms with Crippen LogP contribution in [-0.4, -0.2) is 30.1 Å². The van der Waals surface area contributed by atoms with Crippen LogP contribution in [0.2, 0.25) is 0 Å². The van der Waals surface area contributed by atoms with Gasteiger partial charge < -0.3 is 5.73 Å². The van der Waals surface area contributed by atoms with Gasteiger partial charge in [0.05, 0.1) is 0 Å². The molecule has 2 aliphatic rings. The first-order valence-electron chi connectivity index (χ1n) is 6.31. The van der Waals surface area contributed by atoms with Gasteiger partial charge in [-0.15, -0.1) is 0 Å². The van der Waals surface area contributed by atoms with Gasteiger partial charge in [-0.1, -0.05) is 19.8 Å². The van der Waals surface area contributed by atoms with E-state index in [9.17, 15) is 0 Å². The first-order chi connectivity index (χ1) is 6.81. The lowest BCUT2D eigenvalue weighted by molar-refractivity contribution is 0.173. The Morgan fingerprint density at radius 1 is 1.29 bits per heavy atom. The molecule has 1 heterocycles. The fourth-order valence-electron chi connectivity index (χ4n) is 3.16. The number of rotatable bonds is 3. The van der Waals surface area contributed by atoms with Crippen LogP contribution in [0.3, 0.4) is 0 Å². The lowest BCUT2D eigenvalue weighted by atomic mass is 9.85. The van der Waals surface area contributed by atoms with E-state index in [2.05, 4.69) is 11.8 Å².